The standard InChI is InChI=1S/C29H27N3O3/c1-19-16-25(20(2)28(33)31-23-8-4-3-5-9-23)24-10-6-7-11-26(24)32(19)29(34)22-14-12-21(13-15-22)27-17-30-18-35-27/h3-15,17-20,25H,16H2,1-2H3,(H,31,33). The highest BCUT2D eigenvalue weighted by molar-refractivity contribution is 6.07. The number of nitrogens with zero attached hydrogens (tertiary/aromatic N) is 2. The molecule has 2 heterocycles. The summed E-state index contributed by atoms with van der Waals surface area (Å²) in [7, 11) is 0. The SMILES string of the molecule is CC(C(=O)Nc1ccccc1)C1CC(C)N(C(=O)c2ccc(-c3cnco3)cc2)c2ccccc21. The van der Waals surface area contributed by atoms with Crippen molar-refractivity contribution in [2.24, 2.45) is 5.92 Å². The molecule has 4 aromatic rings. The number of para-hydroxylation sites is 2. The molecule has 0 radical (unpaired) electrons. The van der Waals surface area contributed by atoms with E-state index in [9.17, 15) is 9.59 Å². The highest BCUT2D eigenvalue weighted by Crippen LogP contribution is 2.43. The molecule has 6 nitrogen and oxygen atoms in total. The fourth-order valence-corrected chi connectivity index (χ4v) is 4.88. The molecule has 6 heteroatoms. The van der Waals surface area contributed by atoms with Crippen molar-refractivity contribution >= 4 is 23.2 Å². The molecular formula is C29H27N3O3. The minimum absolute atomic E-state index is 0.00258. The number of hydrogen-bond acceptors (Lipinski definition) is 4. The zero-order chi connectivity index (χ0) is 24.4. The quantitative estimate of drug-likeness (QED) is 0.384. The number of hydrogen-bond donors (Lipinski definition) is 1. The van der Waals surface area contributed by atoms with E-state index in [4.69, 9.17) is 4.42 Å². The van der Waals surface area contributed by atoms with Gasteiger partial charge in [0.25, 0.3) is 5.91 Å². The molecule has 1 N–H and O–H groups in total. The van der Waals surface area contributed by atoms with Crippen molar-refractivity contribution < 1.29 is 14.0 Å². The molecule has 1 aliphatic rings. The van der Waals surface area contributed by atoms with E-state index in [1.165, 1.54) is 6.39 Å². The minimum Gasteiger partial charge on any atom is -0.444 e. The number of nitrogens with one attached hydrogen (secondary N) is 1. The molecule has 35 heavy (non-hydrogen) atoms. The maximum absolute atomic E-state index is 13.6. The van der Waals surface area contributed by atoms with Gasteiger partial charge in [0.15, 0.2) is 12.2 Å². The van der Waals surface area contributed by atoms with Crippen LogP contribution in [0, 0.1) is 5.92 Å². The second-order valence-corrected chi connectivity index (χ2v) is 9.01. The first-order chi connectivity index (χ1) is 17.0. The van der Waals surface area contributed by atoms with Crippen LogP contribution in [-0.2, 0) is 4.79 Å². The summed E-state index contributed by atoms with van der Waals surface area (Å²) >= 11 is 0. The van der Waals surface area contributed by atoms with Crippen LogP contribution in [0.25, 0.3) is 11.3 Å². The van der Waals surface area contributed by atoms with Gasteiger partial charge in [0.1, 0.15) is 0 Å². The van der Waals surface area contributed by atoms with Gasteiger partial charge in [-0.25, -0.2) is 4.98 Å². The van der Waals surface area contributed by atoms with Gasteiger partial charge in [-0.2, -0.15) is 0 Å². The average Bonchev–Trinajstić information content (AvgIpc) is 3.43. The molecule has 1 aromatic heterocycles. The van der Waals surface area contributed by atoms with Crippen LogP contribution < -0.4 is 10.2 Å². The lowest BCUT2D eigenvalue weighted by Gasteiger charge is -2.41. The molecule has 0 saturated carbocycles. The Balaban J connectivity index is 1.40. The Morgan fingerprint density at radius 1 is 1.00 bits per heavy atom. The molecule has 3 unspecified atom stereocenters. The van der Waals surface area contributed by atoms with Gasteiger partial charge < -0.3 is 14.6 Å². The summed E-state index contributed by atoms with van der Waals surface area (Å²) in [4.78, 5) is 32.5. The van der Waals surface area contributed by atoms with Crippen LogP contribution in [0.3, 0.4) is 0 Å². The summed E-state index contributed by atoms with van der Waals surface area (Å²) in [6, 6.07) is 24.7. The van der Waals surface area contributed by atoms with Gasteiger partial charge >= 0.3 is 0 Å². The number of carbonyl (C=O) groups excluding carboxylic acids is 2. The second-order valence-electron chi connectivity index (χ2n) is 9.01. The Morgan fingerprint density at radius 3 is 2.43 bits per heavy atom. The van der Waals surface area contributed by atoms with Crippen LogP contribution in [0.2, 0.25) is 0 Å². The third-order valence-electron chi connectivity index (χ3n) is 6.76. The zero-order valence-electron chi connectivity index (χ0n) is 19.7. The largest absolute Gasteiger partial charge is 0.444 e. The van der Waals surface area contributed by atoms with Crippen molar-refractivity contribution in [2.75, 3.05) is 10.2 Å². The fourth-order valence-electron chi connectivity index (χ4n) is 4.88. The lowest BCUT2D eigenvalue weighted by atomic mass is 9.78. The normalized spacial score (nSPS) is 17.9. The molecule has 176 valence electrons. The molecule has 3 atom stereocenters. The number of oxazole rings is 1. The van der Waals surface area contributed by atoms with E-state index in [0.29, 0.717) is 17.7 Å². The van der Waals surface area contributed by atoms with E-state index in [2.05, 4.69) is 10.3 Å². The molecule has 2 amide bonds. The molecule has 5 rings (SSSR count). The Bertz CT molecular complexity index is 1320. The van der Waals surface area contributed by atoms with Crippen LogP contribution in [0.5, 0.6) is 0 Å². The summed E-state index contributed by atoms with van der Waals surface area (Å²) in [5.74, 6) is 0.325. The average molecular weight is 466 g/mol. The predicted octanol–water partition coefficient (Wildman–Crippen LogP) is 6.14. The number of amides is 2. The Morgan fingerprint density at radius 2 is 1.71 bits per heavy atom. The van der Waals surface area contributed by atoms with Crippen LogP contribution in [0.15, 0.2) is 95.9 Å². The number of aromatic nitrogens is 1. The molecule has 0 spiro atoms. The van der Waals surface area contributed by atoms with E-state index < -0.39 is 0 Å². The fraction of sp³-hybridized carbons (Fsp3) is 0.207. The third-order valence-corrected chi connectivity index (χ3v) is 6.76. The number of carbonyl (C=O) groups is 2. The van der Waals surface area contributed by atoms with E-state index in [1.54, 1.807) is 6.20 Å². The number of fused-ring (bicyclic) bond motifs is 1. The van der Waals surface area contributed by atoms with Gasteiger partial charge in [-0.3, -0.25) is 9.59 Å². The Labute approximate surface area is 204 Å². The van der Waals surface area contributed by atoms with Crippen LogP contribution in [0.1, 0.15) is 42.1 Å². The monoisotopic (exact) mass is 465 g/mol. The van der Waals surface area contributed by atoms with Gasteiger partial charge in [-0.15, -0.1) is 0 Å². The second kappa shape index (κ2) is 9.58. The molecule has 0 fully saturated rings. The topological polar surface area (TPSA) is 75.4 Å². The first-order valence-corrected chi connectivity index (χ1v) is 11.8. The van der Waals surface area contributed by atoms with E-state index in [-0.39, 0.29) is 29.7 Å². The smallest absolute Gasteiger partial charge is 0.258 e. The molecular weight excluding hydrogens is 438 g/mol. The first-order valence-electron chi connectivity index (χ1n) is 11.8. The molecule has 3 aromatic carbocycles. The Hall–Kier alpha value is -4.19. The van der Waals surface area contributed by atoms with Crippen molar-refractivity contribution in [3.8, 4) is 11.3 Å². The van der Waals surface area contributed by atoms with Crippen molar-refractivity contribution in [3.63, 3.8) is 0 Å². The molecule has 0 aliphatic carbocycles. The van der Waals surface area contributed by atoms with Gasteiger partial charge in [-0.05, 0) is 55.2 Å². The summed E-state index contributed by atoms with van der Waals surface area (Å²) in [6.07, 6.45) is 3.73. The summed E-state index contributed by atoms with van der Waals surface area (Å²) in [5, 5.41) is 3.03. The van der Waals surface area contributed by atoms with Crippen LogP contribution in [0.4, 0.5) is 11.4 Å². The van der Waals surface area contributed by atoms with Gasteiger partial charge in [0.05, 0.1) is 6.20 Å². The highest BCUT2D eigenvalue weighted by Gasteiger charge is 2.38. The lowest BCUT2D eigenvalue weighted by molar-refractivity contribution is -0.120. The maximum atomic E-state index is 13.6. The summed E-state index contributed by atoms with van der Waals surface area (Å²) < 4.78 is 5.35. The lowest BCUT2D eigenvalue weighted by Crippen LogP contribution is -2.45. The number of rotatable bonds is 5. The minimum atomic E-state index is -0.253. The van der Waals surface area contributed by atoms with E-state index >= 15 is 0 Å². The Kier molecular flexibility index (Phi) is 6.19. The van der Waals surface area contributed by atoms with E-state index in [1.807, 2.05) is 97.6 Å². The van der Waals surface area contributed by atoms with Gasteiger partial charge in [-0.1, -0.05) is 55.5 Å². The molecule has 1 aliphatic heterocycles. The van der Waals surface area contributed by atoms with E-state index in [0.717, 1.165) is 22.5 Å². The third kappa shape index (κ3) is 4.47. The van der Waals surface area contributed by atoms with Crippen molar-refractivity contribution in [3.05, 3.63) is 103 Å². The number of anilines is 2. The first kappa shape index (κ1) is 22.6. The maximum Gasteiger partial charge on any atom is 0.258 e. The van der Waals surface area contributed by atoms with Gasteiger partial charge in [0.2, 0.25) is 5.91 Å². The van der Waals surface area contributed by atoms with Crippen molar-refractivity contribution in [1.82, 2.24) is 4.98 Å². The highest BCUT2D eigenvalue weighted by atomic mass is 16.3. The van der Waals surface area contributed by atoms with Crippen LogP contribution >= 0.6 is 0 Å². The van der Waals surface area contributed by atoms with Crippen LogP contribution in [-0.4, -0.2) is 22.8 Å². The van der Waals surface area contributed by atoms with Crippen molar-refractivity contribution in [2.45, 2.75) is 32.2 Å². The predicted molar refractivity (Wildman–Crippen MR) is 136 cm³/mol. The summed E-state index contributed by atoms with van der Waals surface area (Å²) in [5.41, 5.74) is 4.13. The zero-order valence-corrected chi connectivity index (χ0v) is 19.7. The molecule has 0 bridgehead atoms. The molecule has 0 saturated heterocycles. The summed E-state index contributed by atoms with van der Waals surface area (Å²) in [6.45, 7) is 4.01. The number of benzene rings is 3. The van der Waals surface area contributed by atoms with Crippen molar-refractivity contribution in [1.29, 1.82) is 0 Å². The van der Waals surface area contributed by atoms with Gasteiger partial charge in [0, 0.05) is 34.5 Å².